The molecule has 1 saturated heterocycles. The zero-order chi connectivity index (χ0) is 16.2. The summed E-state index contributed by atoms with van der Waals surface area (Å²) in [7, 11) is 0. The van der Waals surface area contributed by atoms with Gasteiger partial charge in [-0.25, -0.2) is 0 Å². The molecular formula is C18H20N2O3. The van der Waals surface area contributed by atoms with Gasteiger partial charge in [-0.15, -0.1) is 0 Å². The van der Waals surface area contributed by atoms with E-state index in [1.165, 1.54) is 0 Å². The highest BCUT2D eigenvalue weighted by molar-refractivity contribution is 5.91. The van der Waals surface area contributed by atoms with E-state index in [9.17, 15) is 9.59 Å². The highest BCUT2D eigenvalue weighted by Crippen LogP contribution is 2.23. The van der Waals surface area contributed by atoms with Crippen molar-refractivity contribution in [3.63, 3.8) is 0 Å². The first-order chi connectivity index (χ1) is 11.1. The third-order valence-electron chi connectivity index (χ3n) is 4.20. The molecule has 3 rings (SSSR count). The second kappa shape index (κ2) is 6.69. The second-order valence-electron chi connectivity index (χ2n) is 5.80. The Morgan fingerprint density at radius 2 is 2.09 bits per heavy atom. The summed E-state index contributed by atoms with van der Waals surface area (Å²) in [4.78, 5) is 26.3. The van der Waals surface area contributed by atoms with Crippen LogP contribution in [0, 0.1) is 0 Å². The molecular weight excluding hydrogens is 292 g/mol. The molecule has 1 aromatic carbocycles. The molecule has 5 nitrogen and oxygen atoms in total. The first-order valence-corrected chi connectivity index (χ1v) is 7.82. The second-order valence-corrected chi connectivity index (χ2v) is 5.80. The Morgan fingerprint density at radius 3 is 2.78 bits per heavy atom. The molecule has 2 amide bonds. The van der Waals surface area contributed by atoms with Crippen molar-refractivity contribution < 1.29 is 14.0 Å². The van der Waals surface area contributed by atoms with Crippen molar-refractivity contribution in [3.05, 3.63) is 60.1 Å². The molecule has 23 heavy (non-hydrogen) atoms. The normalized spacial score (nSPS) is 18.9. The summed E-state index contributed by atoms with van der Waals surface area (Å²) in [6, 6.07) is 12.9. The molecule has 1 N–H and O–H groups in total. The zero-order valence-electron chi connectivity index (χ0n) is 13.1. The number of rotatable bonds is 5. The molecule has 0 saturated carbocycles. The molecule has 1 aliphatic heterocycles. The average molecular weight is 312 g/mol. The van der Waals surface area contributed by atoms with E-state index in [0.717, 1.165) is 5.56 Å². The third kappa shape index (κ3) is 3.44. The van der Waals surface area contributed by atoms with Crippen LogP contribution in [-0.4, -0.2) is 22.8 Å². The van der Waals surface area contributed by atoms with E-state index >= 15 is 0 Å². The quantitative estimate of drug-likeness (QED) is 0.923. The van der Waals surface area contributed by atoms with Gasteiger partial charge in [0.25, 0.3) is 0 Å². The van der Waals surface area contributed by atoms with Crippen LogP contribution in [0.5, 0.6) is 0 Å². The predicted molar refractivity (Wildman–Crippen MR) is 85.3 cm³/mol. The minimum atomic E-state index is -0.432. The maximum atomic E-state index is 12.6. The van der Waals surface area contributed by atoms with Gasteiger partial charge in [-0.1, -0.05) is 30.3 Å². The lowest BCUT2D eigenvalue weighted by Crippen LogP contribution is -2.44. The lowest BCUT2D eigenvalue weighted by atomic mass is 10.1. The molecule has 1 fully saturated rings. The van der Waals surface area contributed by atoms with Gasteiger partial charge < -0.3 is 14.6 Å². The van der Waals surface area contributed by atoms with E-state index in [2.05, 4.69) is 5.32 Å². The fourth-order valence-corrected chi connectivity index (χ4v) is 2.91. The molecule has 0 radical (unpaired) electrons. The Kier molecular flexibility index (Phi) is 4.46. The van der Waals surface area contributed by atoms with Crippen LogP contribution in [0.3, 0.4) is 0 Å². The van der Waals surface area contributed by atoms with Gasteiger partial charge in [-0.05, 0) is 31.0 Å². The highest BCUT2D eigenvalue weighted by atomic mass is 16.3. The predicted octanol–water partition coefficient (Wildman–Crippen LogP) is 2.65. The molecule has 0 unspecified atom stereocenters. The van der Waals surface area contributed by atoms with E-state index in [0.29, 0.717) is 25.1 Å². The summed E-state index contributed by atoms with van der Waals surface area (Å²) in [6.45, 7) is 2.28. The fraction of sp³-hybridized carbons (Fsp3) is 0.333. The minimum absolute atomic E-state index is 0.00564. The molecule has 0 bridgehead atoms. The Balaban J connectivity index is 1.67. The van der Waals surface area contributed by atoms with Crippen LogP contribution < -0.4 is 5.32 Å². The number of amides is 2. The molecule has 0 aliphatic carbocycles. The number of carbonyl (C=O) groups is 2. The molecule has 1 aromatic heterocycles. The highest BCUT2D eigenvalue weighted by Gasteiger charge is 2.36. The first-order valence-electron chi connectivity index (χ1n) is 7.82. The van der Waals surface area contributed by atoms with Crippen LogP contribution in [0.4, 0.5) is 0 Å². The molecule has 2 heterocycles. The number of furan rings is 1. The van der Waals surface area contributed by atoms with E-state index in [1.807, 2.05) is 43.3 Å². The van der Waals surface area contributed by atoms with E-state index < -0.39 is 6.04 Å². The maximum absolute atomic E-state index is 12.6. The van der Waals surface area contributed by atoms with Crippen LogP contribution in [0.1, 0.15) is 37.1 Å². The summed E-state index contributed by atoms with van der Waals surface area (Å²) in [6.07, 6.45) is 2.52. The number of benzene rings is 1. The van der Waals surface area contributed by atoms with Crippen molar-refractivity contribution in [2.75, 3.05) is 0 Å². The van der Waals surface area contributed by atoms with Crippen molar-refractivity contribution in [2.45, 2.75) is 38.4 Å². The van der Waals surface area contributed by atoms with Crippen molar-refractivity contribution in [1.29, 1.82) is 0 Å². The Bertz CT molecular complexity index is 667. The van der Waals surface area contributed by atoms with Gasteiger partial charge in [0.1, 0.15) is 11.8 Å². The molecule has 2 aromatic rings. The molecule has 0 spiro atoms. The van der Waals surface area contributed by atoms with Crippen LogP contribution in [-0.2, 0) is 16.1 Å². The largest absolute Gasteiger partial charge is 0.467 e. The van der Waals surface area contributed by atoms with Crippen molar-refractivity contribution in [2.24, 2.45) is 0 Å². The van der Waals surface area contributed by atoms with Gasteiger partial charge in [0.05, 0.1) is 18.8 Å². The van der Waals surface area contributed by atoms with Gasteiger partial charge in [-0.2, -0.15) is 0 Å². The van der Waals surface area contributed by atoms with Crippen LogP contribution >= 0.6 is 0 Å². The first kappa shape index (κ1) is 15.3. The van der Waals surface area contributed by atoms with Crippen LogP contribution in [0.25, 0.3) is 0 Å². The Labute approximate surface area is 135 Å². The zero-order valence-corrected chi connectivity index (χ0v) is 13.1. The average Bonchev–Trinajstić information content (AvgIpc) is 3.19. The van der Waals surface area contributed by atoms with E-state index in [-0.39, 0.29) is 17.9 Å². The summed E-state index contributed by atoms with van der Waals surface area (Å²) >= 11 is 0. The van der Waals surface area contributed by atoms with Gasteiger partial charge in [-0.3, -0.25) is 9.59 Å². The monoisotopic (exact) mass is 312 g/mol. The number of hydrogen-bond donors (Lipinski definition) is 1. The summed E-state index contributed by atoms with van der Waals surface area (Å²) in [5, 5.41) is 3.00. The minimum Gasteiger partial charge on any atom is -0.467 e. The number of nitrogens with one attached hydrogen (secondary N) is 1. The van der Waals surface area contributed by atoms with Gasteiger partial charge in [0, 0.05) is 6.42 Å². The number of hydrogen-bond acceptors (Lipinski definition) is 3. The Hall–Kier alpha value is -2.56. The molecule has 120 valence electrons. The lowest BCUT2D eigenvalue weighted by Gasteiger charge is -2.25. The smallest absolute Gasteiger partial charge is 0.243 e. The molecule has 2 atom stereocenters. The topological polar surface area (TPSA) is 62.6 Å². The maximum Gasteiger partial charge on any atom is 0.243 e. The van der Waals surface area contributed by atoms with Crippen LogP contribution in [0.15, 0.2) is 53.1 Å². The van der Waals surface area contributed by atoms with Gasteiger partial charge >= 0.3 is 0 Å². The van der Waals surface area contributed by atoms with E-state index in [1.54, 1.807) is 17.2 Å². The van der Waals surface area contributed by atoms with Crippen molar-refractivity contribution >= 4 is 11.8 Å². The fourth-order valence-electron chi connectivity index (χ4n) is 2.91. The Morgan fingerprint density at radius 1 is 1.30 bits per heavy atom. The van der Waals surface area contributed by atoms with Crippen molar-refractivity contribution in [1.82, 2.24) is 10.2 Å². The van der Waals surface area contributed by atoms with Crippen LogP contribution in [0.2, 0.25) is 0 Å². The standard InChI is InChI=1S/C18H20N2O3/c1-13(14-6-3-2-4-7-14)19-18(22)16-9-10-17(21)20(16)12-15-8-5-11-23-15/h2-8,11,13,16H,9-10,12H2,1H3,(H,19,22)/t13-,16+/m0/s1. The molecule has 5 heteroatoms. The number of likely N-dealkylation sites (tertiary alicyclic amines) is 1. The number of carbonyl (C=O) groups excluding carboxylic acids is 2. The molecule has 1 aliphatic rings. The SMILES string of the molecule is C[C@H](NC(=O)[C@H]1CCC(=O)N1Cc1ccco1)c1ccccc1. The third-order valence-corrected chi connectivity index (χ3v) is 4.20. The number of nitrogens with zero attached hydrogens (tertiary/aromatic N) is 1. The summed E-state index contributed by atoms with van der Waals surface area (Å²) < 4.78 is 5.30. The summed E-state index contributed by atoms with van der Waals surface area (Å²) in [5.41, 5.74) is 1.04. The van der Waals surface area contributed by atoms with E-state index in [4.69, 9.17) is 4.42 Å². The lowest BCUT2D eigenvalue weighted by molar-refractivity contribution is -0.136. The summed E-state index contributed by atoms with van der Waals surface area (Å²) in [5.74, 6) is 0.571. The van der Waals surface area contributed by atoms with Crippen molar-refractivity contribution in [3.8, 4) is 0 Å². The van der Waals surface area contributed by atoms with Gasteiger partial charge in [0.2, 0.25) is 11.8 Å². The van der Waals surface area contributed by atoms with Gasteiger partial charge in [0.15, 0.2) is 0 Å².